The molecule has 0 N–H and O–H groups in total. The smallest absolute Gasteiger partial charge is 0.425 e. The molecule has 2 aromatic rings. The lowest BCUT2D eigenvalue weighted by atomic mass is 10.1. The standard InChI is InChI=1S/C27H36N2O6S/c1-19-13-15-22(16-14-19)36(32,33)29(25(31)35-27(5,6)7)23-17-21(18-34-26(2,3)4)28(24(23)30)20-11-9-8-10-12-20/h8-16,21,23H,17-18H2,1-7H3/t21-,23-/m0/s1. The van der Waals surface area contributed by atoms with Crippen molar-refractivity contribution >= 4 is 27.7 Å². The summed E-state index contributed by atoms with van der Waals surface area (Å²) in [5.41, 5.74) is 0.0319. The Morgan fingerprint density at radius 2 is 1.56 bits per heavy atom. The van der Waals surface area contributed by atoms with E-state index in [1.165, 1.54) is 17.0 Å². The number of para-hydroxylation sites is 1. The first-order valence-electron chi connectivity index (χ1n) is 12.0. The van der Waals surface area contributed by atoms with E-state index in [1.54, 1.807) is 57.2 Å². The number of carbonyl (C=O) groups excluding carboxylic acids is 2. The molecule has 0 unspecified atom stereocenters. The highest BCUT2D eigenvalue weighted by atomic mass is 32.2. The molecule has 36 heavy (non-hydrogen) atoms. The van der Waals surface area contributed by atoms with E-state index >= 15 is 0 Å². The Morgan fingerprint density at radius 1 is 0.972 bits per heavy atom. The minimum Gasteiger partial charge on any atom is -0.443 e. The lowest BCUT2D eigenvalue weighted by Crippen LogP contribution is -2.50. The van der Waals surface area contributed by atoms with Crippen molar-refractivity contribution in [2.45, 2.75) is 83.1 Å². The molecule has 9 heteroatoms. The average molecular weight is 517 g/mol. The van der Waals surface area contributed by atoms with Crippen molar-refractivity contribution in [3.05, 3.63) is 60.2 Å². The SMILES string of the molecule is Cc1ccc(S(=O)(=O)N(C(=O)OC(C)(C)C)[C@H]2C[C@@H](COC(C)(C)C)N(c3ccccc3)C2=O)cc1. The van der Waals surface area contributed by atoms with Gasteiger partial charge in [-0.15, -0.1) is 0 Å². The number of aryl methyl sites for hydroxylation is 1. The largest absolute Gasteiger partial charge is 0.443 e. The second-order valence-electron chi connectivity index (χ2n) is 11.0. The Kier molecular flexibility index (Phi) is 7.86. The van der Waals surface area contributed by atoms with E-state index < -0.39 is 45.3 Å². The highest BCUT2D eigenvalue weighted by Crippen LogP contribution is 2.34. The molecule has 2 aromatic carbocycles. The topological polar surface area (TPSA) is 93.2 Å². The molecule has 1 fully saturated rings. The van der Waals surface area contributed by atoms with Crippen LogP contribution < -0.4 is 4.90 Å². The summed E-state index contributed by atoms with van der Waals surface area (Å²) in [6.07, 6.45) is -1.03. The van der Waals surface area contributed by atoms with Crippen LogP contribution in [0.15, 0.2) is 59.5 Å². The quantitative estimate of drug-likeness (QED) is 0.542. The molecule has 2 amide bonds. The van der Waals surface area contributed by atoms with Crippen molar-refractivity contribution in [3.8, 4) is 0 Å². The minimum absolute atomic E-state index is 0.0636. The fourth-order valence-electron chi connectivity index (χ4n) is 3.94. The maximum absolute atomic E-state index is 13.8. The van der Waals surface area contributed by atoms with Crippen LogP contribution in [-0.4, -0.2) is 54.6 Å². The summed E-state index contributed by atoms with van der Waals surface area (Å²) >= 11 is 0. The van der Waals surface area contributed by atoms with Gasteiger partial charge in [-0.05, 0) is 72.7 Å². The molecule has 0 aliphatic carbocycles. The van der Waals surface area contributed by atoms with Crippen molar-refractivity contribution < 1.29 is 27.5 Å². The highest BCUT2D eigenvalue weighted by molar-refractivity contribution is 7.89. The molecule has 3 rings (SSSR count). The molecule has 0 bridgehead atoms. The van der Waals surface area contributed by atoms with E-state index in [4.69, 9.17) is 9.47 Å². The van der Waals surface area contributed by atoms with Gasteiger partial charge in [0, 0.05) is 12.1 Å². The molecule has 1 aliphatic heterocycles. The normalized spacial score (nSPS) is 18.9. The van der Waals surface area contributed by atoms with Gasteiger partial charge in [-0.1, -0.05) is 35.9 Å². The second kappa shape index (κ2) is 10.2. The summed E-state index contributed by atoms with van der Waals surface area (Å²) in [6, 6.07) is 13.3. The van der Waals surface area contributed by atoms with E-state index in [2.05, 4.69) is 0 Å². The van der Waals surface area contributed by atoms with Gasteiger partial charge in [0.05, 0.1) is 23.1 Å². The Hall–Kier alpha value is -2.91. The molecule has 1 saturated heterocycles. The molecule has 0 saturated carbocycles. The van der Waals surface area contributed by atoms with Gasteiger partial charge in [-0.3, -0.25) is 4.79 Å². The Morgan fingerprint density at radius 3 is 2.08 bits per heavy atom. The van der Waals surface area contributed by atoms with Gasteiger partial charge in [0.25, 0.3) is 15.9 Å². The molecule has 2 atom stereocenters. The second-order valence-corrected chi connectivity index (χ2v) is 12.8. The zero-order chi connectivity index (χ0) is 26.9. The number of hydrogen-bond donors (Lipinski definition) is 0. The van der Waals surface area contributed by atoms with Gasteiger partial charge in [0.1, 0.15) is 11.6 Å². The predicted octanol–water partition coefficient (Wildman–Crippen LogP) is 4.91. The predicted molar refractivity (Wildman–Crippen MR) is 138 cm³/mol. The number of sulfonamides is 1. The lowest BCUT2D eigenvalue weighted by Gasteiger charge is -2.30. The molecule has 1 aliphatic rings. The zero-order valence-corrected chi connectivity index (χ0v) is 22.8. The lowest BCUT2D eigenvalue weighted by molar-refractivity contribution is -0.120. The molecule has 0 spiro atoms. The summed E-state index contributed by atoms with van der Waals surface area (Å²) < 4.78 is 39.7. The Bertz CT molecular complexity index is 1180. The number of hydrogen-bond acceptors (Lipinski definition) is 6. The molecule has 8 nitrogen and oxygen atoms in total. The molecular weight excluding hydrogens is 480 g/mol. The van der Waals surface area contributed by atoms with Crippen molar-refractivity contribution in [2.24, 2.45) is 0 Å². The molecule has 0 radical (unpaired) electrons. The van der Waals surface area contributed by atoms with Crippen molar-refractivity contribution in [3.63, 3.8) is 0 Å². The van der Waals surface area contributed by atoms with Gasteiger partial charge in [-0.25, -0.2) is 13.2 Å². The van der Waals surface area contributed by atoms with Gasteiger partial charge in [-0.2, -0.15) is 4.31 Å². The fraction of sp³-hybridized carbons (Fsp3) is 0.481. The first-order chi connectivity index (χ1) is 16.6. The van der Waals surface area contributed by atoms with Gasteiger partial charge >= 0.3 is 6.09 Å². The van der Waals surface area contributed by atoms with Crippen LogP contribution in [0.5, 0.6) is 0 Å². The van der Waals surface area contributed by atoms with Crippen LogP contribution in [0.4, 0.5) is 10.5 Å². The zero-order valence-electron chi connectivity index (χ0n) is 22.0. The van der Waals surface area contributed by atoms with Crippen LogP contribution in [0, 0.1) is 6.92 Å². The molecule has 0 aromatic heterocycles. The van der Waals surface area contributed by atoms with Crippen molar-refractivity contribution in [1.29, 1.82) is 0 Å². The summed E-state index contributed by atoms with van der Waals surface area (Å²) in [4.78, 5) is 28.6. The number of rotatable bonds is 6. The van der Waals surface area contributed by atoms with E-state index in [0.29, 0.717) is 9.99 Å². The first-order valence-corrected chi connectivity index (χ1v) is 13.4. The minimum atomic E-state index is -4.41. The van der Waals surface area contributed by atoms with Crippen LogP contribution >= 0.6 is 0 Å². The number of carbonyl (C=O) groups is 2. The van der Waals surface area contributed by atoms with E-state index in [1.807, 2.05) is 33.8 Å². The third kappa shape index (κ3) is 6.44. The van der Waals surface area contributed by atoms with Crippen molar-refractivity contribution in [1.82, 2.24) is 4.31 Å². The molecular formula is C27H36N2O6S. The van der Waals surface area contributed by atoms with Crippen LogP contribution in [0.1, 0.15) is 53.5 Å². The van der Waals surface area contributed by atoms with E-state index in [-0.39, 0.29) is 17.9 Å². The summed E-state index contributed by atoms with van der Waals surface area (Å²) in [6.45, 7) is 12.7. The third-order valence-corrected chi connectivity index (χ3v) is 7.35. The third-order valence-electron chi connectivity index (χ3n) is 5.56. The van der Waals surface area contributed by atoms with Crippen LogP contribution in [-0.2, 0) is 24.3 Å². The Balaban J connectivity index is 2.08. The summed E-state index contributed by atoms with van der Waals surface area (Å²) in [5.74, 6) is -0.509. The number of ether oxygens (including phenoxy) is 2. The number of nitrogens with zero attached hydrogens (tertiary/aromatic N) is 2. The number of benzene rings is 2. The molecule has 196 valence electrons. The molecule has 1 heterocycles. The van der Waals surface area contributed by atoms with Crippen LogP contribution in [0.2, 0.25) is 0 Å². The van der Waals surface area contributed by atoms with Crippen molar-refractivity contribution in [2.75, 3.05) is 11.5 Å². The van der Waals surface area contributed by atoms with Gasteiger partial charge in [0.15, 0.2) is 0 Å². The number of amides is 2. The van der Waals surface area contributed by atoms with Crippen LogP contribution in [0.25, 0.3) is 0 Å². The maximum Gasteiger partial charge on any atom is 0.425 e. The summed E-state index contributed by atoms with van der Waals surface area (Å²) in [5, 5.41) is 0. The maximum atomic E-state index is 13.8. The number of anilines is 1. The monoisotopic (exact) mass is 516 g/mol. The van der Waals surface area contributed by atoms with E-state index in [0.717, 1.165) is 5.56 Å². The first kappa shape index (κ1) is 27.7. The Labute approximate surface area is 214 Å². The van der Waals surface area contributed by atoms with E-state index in [9.17, 15) is 18.0 Å². The average Bonchev–Trinajstić information content (AvgIpc) is 3.07. The van der Waals surface area contributed by atoms with Crippen LogP contribution in [0.3, 0.4) is 0 Å². The summed E-state index contributed by atoms with van der Waals surface area (Å²) in [7, 11) is -4.41. The highest BCUT2D eigenvalue weighted by Gasteiger charge is 2.50. The fourth-order valence-corrected chi connectivity index (χ4v) is 5.39. The van der Waals surface area contributed by atoms with Gasteiger partial charge < -0.3 is 14.4 Å². The van der Waals surface area contributed by atoms with Gasteiger partial charge in [0.2, 0.25) is 0 Å².